The van der Waals surface area contributed by atoms with Gasteiger partial charge in [-0.2, -0.15) is 10.2 Å². The molecule has 0 aromatic carbocycles. The third kappa shape index (κ3) is 3.49. The Morgan fingerprint density at radius 2 is 2.15 bits per heavy atom. The fraction of sp³-hybridized carbons (Fsp3) is 0.375. The van der Waals surface area contributed by atoms with Gasteiger partial charge in [-0.15, -0.1) is 5.10 Å². The summed E-state index contributed by atoms with van der Waals surface area (Å²) in [5, 5.41) is 21.2. The highest BCUT2D eigenvalue weighted by molar-refractivity contribution is 6.02. The summed E-state index contributed by atoms with van der Waals surface area (Å²) >= 11 is 0. The number of carboxylic acid groups (broad SMARTS) is 1. The van der Waals surface area contributed by atoms with Crippen molar-refractivity contribution < 1.29 is 29.0 Å². The van der Waals surface area contributed by atoms with Gasteiger partial charge in [0.1, 0.15) is 0 Å². The first-order valence-electron chi connectivity index (χ1n) is 8.01. The number of ether oxygens (including phenoxy) is 2. The SMILES string of the molecule is CC(=O)O[C@@H](C(=O)O)[C@@]1(C)OCCN(c2ccn(-c3ccnnc3)n2)C1=O. The fourth-order valence-electron chi connectivity index (χ4n) is 2.77. The van der Waals surface area contributed by atoms with E-state index in [-0.39, 0.29) is 13.2 Å². The number of carbonyl (C=O) groups is 3. The topological polar surface area (TPSA) is 137 Å². The van der Waals surface area contributed by atoms with Crippen LogP contribution in [0.4, 0.5) is 5.82 Å². The van der Waals surface area contributed by atoms with E-state index < -0.39 is 29.6 Å². The summed E-state index contributed by atoms with van der Waals surface area (Å²) in [6.07, 6.45) is 2.86. The Morgan fingerprint density at radius 1 is 1.37 bits per heavy atom. The van der Waals surface area contributed by atoms with Crippen molar-refractivity contribution in [3.8, 4) is 5.69 Å². The van der Waals surface area contributed by atoms with E-state index in [1.165, 1.54) is 28.9 Å². The zero-order chi connectivity index (χ0) is 19.6. The number of aromatic nitrogens is 4. The maximum Gasteiger partial charge on any atom is 0.348 e. The summed E-state index contributed by atoms with van der Waals surface area (Å²) in [6.45, 7) is 2.57. The molecule has 0 radical (unpaired) electrons. The summed E-state index contributed by atoms with van der Waals surface area (Å²) in [6, 6.07) is 3.29. The molecule has 0 saturated carbocycles. The monoisotopic (exact) mass is 375 g/mol. The lowest BCUT2D eigenvalue weighted by Crippen LogP contribution is -2.63. The number of aliphatic carboxylic acids is 1. The van der Waals surface area contributed by atoms with Crippen LogP contribution >= 0.6 is 0 Å². The minimum absolute atomic E-state index is 0.0525. The van der Waals surface area contributed by atoms with Crippen LogP contribution < -0.4 is 4.90 Å². The molecule has 1 fully saturated rings. The molecular weight excluding hydrogens is 358 g/mol. The lowest BCUT2D eigenvalue weighted by molar-refractivity contribution is -0.193. The Bertz CT molecular complexity index is 869. The number of anilines is 1. The molecule has 0 unspecified atom stereocenters. The van der Waals surface area contributed by atoms with Gasteiger partial charge < -0.3 is 14.6 Å². The predicted octanol–water partition coefficient (Wildman–Crippen LogP) is -0.199. The maximum absolute atomic E-state index is 13.0. The molecule has 3 heterocycles. The van der Waals surface area contributed by atoms with E-state index in [2.05, 4.69) is 15.3 Å². The summed E-state index contributed by atoms with van der Waals surface area (Å²) in [5.74, 6) is -2.67. The number of hydrogen-bond acceptors (Lipinski definition) is 8. The van der Waals surface area contributed by atoms with Gasteiger partial charge in [-0.05, 0) is 13.0 Å². The van der Waals surface area contributed by atoms with Crippen molar-refractivity contribution in [3.63, 3.8) is 0 Å². The largest absolute Gasteiger partial charge is 0.478 e. The Kier molecular flexibility index (Phi) is 4.86. The van der Waals surface area contributed by atoms with E-state index in [9.17, 15) is 19.5 Å². The second-order valence-corrected chi connectivity index (χ2v) is 5.96. The Morgan fingerprint density at radius 3 is 2.78 bits per heavy atom. The number of amides is 1. The van der Waals surface area contributed by atoms with Crippen molar-refractivity contribution >= 4 is 23.7 Å². The molecule has 0 spiro atoms. The van der Waals surface area contributed by atoms with E-state index >= 15 is 0 Å². The van der Waals surface area contributed by atoms with Gasteiger partial charge in [0.2, 0.25) is 6.10 Å². The quantitative estimate of drug-likeness (QED) is 0.704. The molecule has 11 heteroatoms. The predicted molar refractivity (Wildman–Crippen MR) is 89.1 cm³/mol. The number of morpholine rings is 1. The van der Waals surface area contributed by atoms with E-state index in [1.54, 1.807) is 18.3 Å². The van der Waals surface area contributed by atoms with Crippen LogP contribution in [0.2, 0.25) is 0 Å². The van der Waals surface area contributed by atoms with Crippen LogP contribution in [-0.2, 0) is 23.9 Å². The second-order valence-electron chi connectivity index (χ2n) is 5.96. The molecule has 2 aromatic rings. The number of esters is 1. The van der Waals surface area contributed by atoms with Gasteiger partial charge in [0.25, 0.3) is 5.91 Å². The first kappa shape index (κ1) is 18.5. The van der Waals surface area contributed by atoms with Gasteiger partial charge in [-0.25, -0.2) is 9.48 Å². The lowest BCUT2D eigenvalue weighted by Gasteiger charge is -2.40. The molecule has 0 aliphatic carbocycles. The molecule has 1 saturated heterocycles. The third-order valence-electron chi connectivity index (χ3n) is 4.08. The van der Waals surface area contributed by atoms with E-state index in [4.69, 9.17) is 9.47 Å². The van der Waals surface area contributed by atoms with Gasteiger partial charge in [0.15, 0.2) is 11.4 Å². The van der Waals surface area contributed by atoms with Gasteiger partial charge >= 0.3 is 11.9 Å². The van der Waals surface area contributed by atoms with Crippen molar-refractivity contribution in [1.82, 2.24) is 20.0 Å². The fourth-order valence-corrected chi connectivity index (χ4v) is 2.77. The minimum atomic E-state index is -1.88. The van der Waals surface area contributed by atoms with Crippen molar-refractivity contribution in [2.24, 2.45) is 0 Å². The second kappa shape index (κ2) is 7.11. The highest BCUT2D eigenvalue weighted by Crippen LogP contribution is 2.29. The van der Waals surface area contributed by atoms with E-state index in [1.807, 2.05) is 0 Å². The van der Waals surface area contributed by atoms with Gasteiger partial charge in [-0.1, -0.05) is 0 Å². The smallest absolute Gasteiger partial charge is 0.348 e. The van der Waals surface area contributed by atoms with E-state index in [0.29, 0.717) is 11.5 Å². The number of hydrogen-bond donors (Lipinski definition) is 1. The molecule has 2 atom stereocenters. The Balaban J connectivity index is 1.90. The highest BCUT2D eigenvalue weighted by atomic mass is 16.6. The Hall–Kier alpha value is -3.34. The average Bonchev–Trinajstić information content (AvgIpc) is 3.12. The molecule has 1 aliphatic rings. The first-order valence-corrected chi connectivity index (χ1v) is 8.01. The van der Waals surface area contributed by atoms with Crippen LogP contribution in [0.25, 0.3) is 5.69 Å². The summed E-state index contributed by atoms with van der Waals surface area (Å²) in [4.78, 5) is 37.1. The number of carboxylic acids is 1. The molecular formula is C16H17N5O6. The normalized spacial score (nSPS) is 21.0. The van der Waals surface area contributed by atoms with Crippen molar-refractivity contribution in [3.05, 3.63) is 30.7 Å². The molecule has 1 amide bonds. The van der Waals surface area contributed by atoms with Gasteiger partial charge in [-0.3, -0.25) is 14.5 Å². The molecule has 1 N–H and O–H groups in total. The zero-order valence-corrected chi connectivity index (χ0v) is 14.6. The van der Waals surface area contributed by atoms with Gasteiger partial charge in [0, 0.05) is 19.2 Å². The molecule has 3 rings (SSSR count). The van der Waals surface area contributed by atoms with Crippen molar-refractivity contribution in [1.29, 1.82) is 0 Å². The molecule has 0 bridgehead atoms. The summed E-state index contributed by atoms with van der Waals surface area (Å²) in [7, 11) is 0. The number of nitrogens with zero attached hydrogens (tertiary/aromatic N) is 5. The molecule has 27 heavy (non-hydrogen) atoms. The highest BCUT2D eigenvalue weighted by Gasteiger charge is 2.53. The average molecular weight is 375 g/mol. The zero-order valence-electron chi connectivity index (χ0n) is 14.6. The van der Waals surface area contributed by atoms with Crippen LogP contribution in [-0.4, -0.2) is 67.8 Å². The molecule has 142 valence electrons. The minimum Gasteiger partial charge on any atom is -0.478 e. The van der Waals surface area contributed by atoms with Crippen LogP contribution in [0.15, 0.2) is 30.7 Å². The third-order valence-corrected chi connectivity index (χ3v) is 4.08. The van der Waals surface area contributed by atoms with Crippen LogP contribution in [0.3, 0.4) is 0 Å². The standard InChI is InChI=1S/C16H17N5O6/c1-10(22)27-13(14(23)24)16(2)15(25)20(7-8-26-16)12-4-6-21(19-12)11-3-5-17-18-9-11/h3-6,9,13H,7-8H2,1-2H3,(H,23,24)/t13-,16+/m0/s1. The van der Waals surface area contributed by atoms with Gasteiger partial charge in [0.05, 0.1) is 31.2 Å². The van der Waals surface area contributed by atoms with Crippen molar-refractivity contribution in [2.75, 3.05) is 18.1 Å². The number of carbonyl (C=O) groups excluding carboxylic acids is 2. The Labute approximate surface area is 153 Å². The lowest BCUT2D eigenvalue weighted by atomic mass is 9.95. The van der Waals surface area contributed by atoms with E-state index in [0.717, 1.165) is 6.92 Å². The maximum atomic E-state index is 13.0. The summed E-state index contributed by atoms with van der Waals surface area (Å²) < 4.78 is 11.8. The van der Waals surface area contributed by atoms with Crippen LogP contribution in [0, 0.1) is 0 Å². The van der Waals surface area contributed by atoms with Crippen LogP contribution in [0.5, 0.6) is 0 Å². The number of rotatable bonds is 5. The first-order chi connectivity index (χ1) is 12.8. The summed E-state index contributed by atoms with van der Waals surface area (Å²) in [5.41, 5.74) is -1.24. The molecule has 2 aromatic heterocycles. The van der Waals surface area contributed by atoms with Crippen molar-refractivity contribution in [2.45, 2.75) is 25.6 Å². The molecule has 11 nitrogen and oxygen atoms in total. The van der Waals surface area contributed by atoms with Crippen LogP contribution in [0.1, 0.15) is 13.8 Å². The molecule has 1 aliphatic heterocycles.